The largest absolute Gasteiger partial charge is 0.350 e. The number of aromatic nitrogens is 3. The van der Waals surface area contributed by atoms with Crippen LogP contribution in [-0.2, 0) is 20.6 Å². The van der Waals surface area contributed by atoms with Gasteiger partial charge in [-0.2, -0.15) is 0 Å². The van der Waals surface area contributed by atoms with Crippen molar-refractivity contribution < 1.29 is 4.79 Å². The maximum absolute atomic E-state index is 13.1. The fraction of sp³-hybridized carbons (Fsp3) is 0.400. The Labute approximate surface area is 153 Å². The lowest BCUT2D eigenvalue weighted by Crippen LogP contribution is -2.35. The van der Waals surface area contributed by atoms with Crippen molar-refractivity contribution in [1.82, 2.24) is 23.9 Å². The number of fused-ring (bicyclic) bond motifs is 1. The number of benzene rings is 1. The van der Waals surface area contributed by atoms with Crippen LogP contribution >= 0.6 is 0 Å². The summed E-state index contributed by atoms with van der Waals surface area (Å²) >= 11 is 0. The van der Waals surface area contributed by atoms with Gasteiger partial charge in [0, 0.05) is 69.8 Å². The van der Waals surface area contributed by atoms with E-state index in [1.54, 1.807) is 0 Å². The Morgan fingerprint density at radius 3 is 2.73 bits per heavy atom. The van der Waals surface area contributed by atoms with Crippen LogP contribution < -0.4 is 0 Å². The van der Waals surface area contributed by atoms with Gasteiger partial charge in [0.2, 0.25) is 0 Å². The van der Waals surface area contributed by atoms with Gasteiger partial charge in [-0.25, -0.2) is 4.98 Å². The number of hydrogen-bond acceptors (Lipinski definition) is 3. The average molecular weight is 351 g/mol. The quantitative estimate of drug-likeness (QED) is 0.727. The summed E-state index contributed by atoms with van der Waals surface area (Å²) in [7, 11) is 4.02. The van der Waals surface area contributed by atoms with Crippen LogP contribution in [-0.4, -0.2) is 56.0 Å². The normalized spacial score (nSPS) is 16.2. The standard InChI is InChI=1S/C20H25N5O/c1-22-11-8-21-19(22)15-24-9-5-10-25(13-12-24)20(26)17-14-23(2)18-7-4-3-6-16(17)18/h3-4,6-8,11,14H,5,9-10,12-13,15H2,1-2H3. The van der Waals surface area contributed by atoms with E-state index >= 15 is 0 Å². The Morgan fingerprint density at radius 2 is 1.92 bits per heavy atom. The fourth-order valence-electron chi connectivity index (χ4n) is 3.76. The van der Waals surface area contributed by atoms with Gasteiger partial charge in [0.25, 0.3) is 5.91 Å². The molecule has 2 aromatic heterocycles. The van der Waals surface area contributed by atoms with E-state index in [0.717, 1.165) is 61.4 Å². The molecule has 0 aliphatic carbocycles. The predicted molar refractivity (Wildman–Crippen MR) is 102 cm³/mol. The zero-order chi connectivity index (χ0) is 18.1. The highest BCUT2D eigenvalue weighted by atomic mass is 16.2. The predicted octanol–water partition coefficient (Wildman–Crippen LogP) is 2.26. The van der Waals surface area contributed by atoms with Gasteiger partial charge in [-0.15, -0.1) is 0 Å². The van der Waals surface area contributed by atoms with Gasteiger partial charge in [-0.1, -0.05) is 18.2 Å². The zero-order valence-corrected chi connectivity index (χ0v) is 15.4. The lowest BCUT2D eigenvalue weighted by atomic mass is 10.1. The Morgan fingerprint density at radius 1 is 1.08 bits per heavy atom. The molecule has 1 aliphatic heterocycles. The Kier molecular flexibility index (Phi) is 4.51. The molecule has 0 N–H and O–H groups in total. The van der Waals surface area contributed by atoms with Crippen molar-refractivity contribution in [3.63, 3.8) is 0 Å². The fourth-order valence-corrected chi connectivity index (χ4v) is 3.76. The van der Waals surface area contributed by atoms with Crippen molar-refractivity contribution in [3.8, 4) is 0 Å². The highest BCUT2D eigenvalue weighted by Crippen LogP contribution is 2.22. The number of nitrogens with zero attached hydrogens (tertiary/aromatic N) is 5. The second-order valence-corrected chi connectivity index (χ2v) is 7.05. The summed E-state index contributed by atoms with van der Waals surface area (Å²) in [5.41, 5.74) is 1.91. The number of aryl methyl sites for hydroxylation is 2. The summed E-state index contributed by atoms with van der Waals surface area (Å²) in [6.45, 7) is 4.26. The van der Waals surface area contributed by atoms with Gasteiger partial charge in [-0.05, 0) is 12.5 Å². The third-order valence-corrected chi connectivity index (χ3v) is 5.29. The summed E-state index contributed by atoms with van der Waals surface area (Å²) in [4.78, 5) is 21.9. The molecule has 0 bridgehead atoms. The third kappa shape index (κ3) is 3.12. The Balaban J connectivity index is 1.48. The number of imidazole rings is 1. The van der Waals surface area contributed by atoms with Crippen molar-refractivity contribution in [2.24, 2.45) is 14.1 Å². The topological polar surface area (TPSA) is 46.3 Å². The van der Waals surface area contributed by atoms with Gasteiger partial charge in [0.05, 0.1) is 12.1 Å². The Bertz CT molecular complexity index is 925. The smallest absolute Gasteiger partial charge is 0.256 e. The van der Waals surface area contributed by atoms with Crippen LogP contribution in [0.4, 0.5) is 0 Å². The summed E-state index contributed by atoms with van der Waals surface area (Å²) in [5, 5.41) is 1.04. The highest BCUT2D eigenvalue weighted by Gasteiger charge is 2.23. The van der Waals surface area contributed by atoms with Crippen LogP contribution in [0.3, 0.4) is 0 Å². The summed E-state index contributed by atoms with van der Waals surface area (Å²) < 4.78 is 4.09. The molecule has 6 heteroatoms. The molecule has 26 heavy (non-hydrogen) atoms. The molecular weight excluding hydrogens is 326 g/mol. The first-order chi connectivity index (χ1) is 12.6. The molecule has 136 valence electrons. The van der Waals surface area contributed by atoms with E-state index in [0.29, 0.717) is 0 Å². The second-order valence-electron chi connectivity index (χ2n) is 7.05. The summed E-state index contributed by atoms with van der Waals surface area (Å²) in [5.74, 6) is 1.21. The number of hydrogen-bond donors (Lipinski definition) is 0. The molecule has 4 rings (SSSR count). The molecule has 3 aromatic rings. The molecule has 6 nitrogen and oxygen atoms in total. The minimum atomic E-state index is 0.139. The van der Waals surface area contributed by atoms with E-state index in [-0.39, 0.29) is 5.91 Å². The van der Waals surface area contributed by atoms with Crippen LogP contribution in [0.2, 0.25) is 0 Å². The monoisotopic (exact) mass is 351 g/mol. The minimum absolute atomic E-state index is 0.139. The Hall–Kier alpha value is -2.60. The molecule has 0 atom stereocenters. The van der Waals surface area contributed by atoms with Crippen molar-refractivity contribution >= 4 is 16.8 Å². The number of rotatable bonds is 3. The van der Waals surface area contributed by atoms with Crippen LogP contribution in [0.5, 0.6) is 0 Å². The van der Waals surface area contributed by atoms with Gasteiger partial charge in [0.15, 0.2) is 0 Å². The molecule has 0 saturated carbocycles. The second kappa shape index (κ2) is 6.96. The van der Waals surface area contributed by atoms with Crippen molar-refractivity contribution in [1.29, 1.82) is 0 Å². The van der Waals surface area contributed by atoms with E-state index in [1.807, 2.05) is 60.4 Å². The lowest BCUT2D eigenvalue weighted by Gasteiger charge is -2.21. The summed E-state index contributed by atoms with van der Waals surface area (Å²) in [6, 6.07) is 8.10. The molecule has 0 spiro atoms. The van der Waals surface area contributed by atoms with Crippen molar-refractivity contribution in [2.45, 2.75) is 13.0 Å². The van der Waals surface area contributed by atoms with Gasteiger partial charge in [0.1, 0.15) is 5.82 Å². The maximum Gasteiger partial charge on any atom is 0.256 e. The average Bonchev–Trinajstić information content (AvgIpc) is 3.10. The number of carbonyl (C=O) groups is 1. The molecule has 1 aromatic carbocycles. The van der Waals surface area contributed by atoms with Crippen LogP contribution in [0.1, 0.15) is 22.6 Å². The van der Waals surface area contributed by atoms with Gasteiger partial charge < -0.3 is 14.0 Å². The molecule has 3 heterocycles. The van der Waals surface area contributed by atoms with Crippen molar-refractivity contribution in [2.75, 3.05) is 26.2 Å². The minimum Gasteiger partial charge on any atom is -0.350 e. The van der Waals surface area contributed by atoms with Crippen LogP contribution in [0, 0.1) is 0 Å². The van der Waals surface area contributed by atoms with E-state index < -0.39 is 0 Å². The molecule has 0 radical (unpaired) electrons. The molecule has 1 fully saturated rings. The molecular formula is C20H25N5O. The van der Waals surface area contributed by atoms with Crippen LogP contribution in [0.15, 0.2) is 42.9 Å². The molecule has 1 aliphatic rings. The molecule has 0 unspecified atom stereocenters. The van der Waals surface area contributed by atoms with E-state index in [2.05, 4.69) is 20.5 Å². The number of carbonyl (C=O) groups excluding carboxylic acids is 1. The number of amides is 1. The first-order valence-electron chi connectivity index (χ1n) is 9.15. The van der Waals surface area contributed by atoms with Gasteiger partial charge in [-0.3, -0.25) is 9.69 Å². The van der Waals surface area contributed by atoms with E-state index in [1.165, 1.54) is 0 Å². The first kappa shape index (κ1) is 16.8. The van der Waals surface area contributed by atoms with E-state index in [4.69, 9.17) is 0 Å². The summed E-state index contributed by atoms with van der Waals surface area (Å²) in [6.07, 6.45) is 6.76. The highest BCUT2D eigenvalue weighted by molar-refractivity contribution is 6.07. The number of para-hydroxylation sites is 1. The zero-order valence-electron chi connectivity index (χ0n) is 15.4. The molecule has 1 saturated heterocycles. The lowest BCUT2D eigenvalue weighted by molar-refractivity contribution is 0.0762. The first-order valence-corrected chi connectivity index (χ1v) is 9.15. The van der Waals surface area contributed by atoms with Crippen LogP contribution in [0.25, 0.3) is 10.9 Å². The van der Waals surface area contributed by atoms with E-state index in [9.17, 15) is 4.79 Å². The maximum atomic E-state index is 13.1. The SMILES string of the molecule is Cn1ccnc1CN1CCCN(C(=O)c2cn(C)c3ccccc23)CC1. The molecule has 1 amide bonds. The van der Waals surface area contributed by atoms with Gasteiger partial charge >= 0.3 is 0 Å². The third-order valence-electron chi connectivity index (χ3n) is 5.29. The van der Waals surface area contributed by atoms with Crippen molar-refractivity contribution in [3.05, 3.63) is 54.2 Å².